The lowest BCUT2D eigenvalue weighted by Crippen LogP contribution is -2.32. The van der Waals surface area contributed by atoms with Crippen molar-refractivity contribution in [3.05, 3.63) is 69.3 Å². The van der Waals surface area contributed by atoms with Gasteiger partial charge in [-0.05, 0) is 50.8 Å². The van der Waals surface area contributed by atoms with Crippen molar-refractivity contribution in [1.29, 1.82) is 0 Å². The van der Waals surface area contributed by atoms with Crippen LogP contribution >= 0.6 is 0 Å². The van der Waals surface area contributed by atoms with Gasteiger partial charge in [0, 0.05) is 24.2 Å². The molecule has 0 aromatic heterocycles. The predicted molar refractivity (Wildman–Crippen MR) is 125 cm³/mol. The molecule has 1 N–H and O–H groups in total. The molecule has 1 aliphatic heterocycles. The fourth-order valence-corrected chi connectivity index (χ4v) is 3.96. The average Bonchev–Trinajstić information content (AvgIpc) is 3.08. The second kappa shape index (κ2) is 10.3. The third-order valence-electron chi connectivity index (χ3n) is 5.60. The topological polar surface area (TPSA) is 122 Å². The number of benzene rings is 2. The molecule has 2 aromatic rings. The van der Waals surface area contributed by atoms with Gasteiger partial charge in [0.05, 0.1) is 30.8 Å². The molecule has 34 heavy (non-hydrogen) atoms. The SMILES string of the molecule is COc1ccc(C(O)=C2C(=O)C(=O)N(CCCN(C)C)[C@H]2c2cccc([N+](=O)[O-])c2)cc1OC. The molecule has 1 aliphatic rings. The van der Waals surface area contributed by atoms with Crippen molar-refractivity contribution in [2.75, 3.05) is 41.4 Å². The van der Waals surface area contributed by atoms with Crippen LogP contribution in [0.1, 0.15) is 23.6 Å². The van der Waals surface area contributed by atoms with Crippen molar-refractivity contribution in [1.82, 2.24) is 9.80 Å². The number of likely N-dealkylation sites (tertiary alicyclic amines) is 1. The second-order valence-electron chi connectivity index (χ2n) is 8.07. The van der Waals surface area contributed by atoms with E-state index >= 15 is 0 Å². The zero-order valence-electron chi connectivity index (χ0n) is 19.5. The van der Waals surface area contributed by atoms with E-state index in [0.29, 0.717) is 30.0 Å². The standard InChI is InChI=1S/C24H27N3O7/c1-25(2)11-6-12-26-21(15-7-5-8-17(13-15)27(31)32)20(23(29)24(26)30)22(28)16-9-10-18(33-3)19(14-16)34-4/h5,7-10,13-14,21,28H,6,11-12H2,1-4H3/t21-/m0/s1. The summed E-state index contributed by atoms with van der Waals surface area (Å²) in [6.45, 7) is 0.902. The van der Waals surface area contributed by atoms with Crippen LogP contribution in [-0.2, 0) is 9.59 Å². The highest BCUT2D eigenvalue weighted by atomic mass is 16.6. The smallest absolute Gasteiger partial charge is 0.295 e. The molecule has 10 heteroatoms. The fourth-order valence-electron chi connectivity index (χ4n) is 3.96. The quantitative estimate of drug-likeness (QED) is 0.196. The van der Waals surface area contributed by atoms with E-state index in [2.05, 4.69) is 0 Å². The summed E-state index contributed by atoms with van der Waals surface area (Å²) < 4.78 is 10.5. The molecular weight excluding hydrogens is 442 g/mol. The Morgan fingerprint density at radius 1 is 1.12 bits per heavy atom. The van der Waals surface area contributed by atoms with Gasteiger partial charge < -0.3 is 24.4 Å². The van der Waals surface area contributed by atoms with E-state index in [4.69, 9.17) is 9.47 Å². The van der Waals surface area contributed by atoms with Gasteiger partial charge in [-0.1, -0.05) is 12.1 Å². The van der Waals surface area contributed by atoms with Gasteiger partial charge in [-0.2, -0.15) is 0 Å². The van der Waals surface area contributed by atoms with Gasteiger partial charge in [0.2, 0.25) is 0 Å². The number of aliphatic hydroxyl groups is 1. The number of nitro benzene ring substituents is 1. The number of non-ortho nitro benzene ring substituents is 1. The highest BCUT2D eigenvalue weighted by molar-refractivity contribution is 6.46. The molecule has 1 heterocycles. The summed E-state index contributed by atoms with van der Waals surface area (Å²) in [5.41, 5.74) is 0.296. The maximum atomic E-state index is 13.1. The Balaban J connectivity index is 2.16. The van der Waals surface area contributed by atoms with E-state index in [1.165, 1.54) is 43.4 Å². The number of nitro groups is 1. The minimum atomic E-state index is -0.977. The maximum Gasteiger partial charge on any atom is 0.295 e. The predicted octanol–water partition coefficient (Wildman–Crippen LogP) is 2.99. The molecule has 0 radical (unpaired) electrons. The van der Waals surface area contributed by atoms with Gasteiger partial charge in [-0.25, -0.2) is 0 Å². The van der Waals surface area contributed by atoms with Crippen LogP contribution in [0.5, 0.6) is 11.5 Å². The number of ether oxygens (including phenoxy) is 2. The Labute approximate surface area is 197 Å². The average molecular weight is 469 g/mol. The Hall–Kier alpha value is -3.92. The minimum absolute atomic E-state index is 0.137. The van der Waals surface area contributed by atoms with Gasteiger partial charge in [-0.15, -0.1) is 0 Å². The third kappa shape index (κ3) is 4.86. The summed E-state index contributed by atoms with van der Waals surface area (Å²) in [4.78, 5) is 40.2. The van der Waals surface area contributed by atoms with Crippen molar-refractivity contribution in [2.45, 2.75) is 12.5 Å². The second-order valence-corrected chi connectivity index (χ2v) is 8.07. The maximum absolute atomic E-state index is 13.1. The van der Waals surface area contributed by atoms with E-state index in [1.54, 1.807) is 18.2 Å². The summed E-state index contributed by atoms with van der Waals surface area (Å²) in [5.74, 6) is -1.26. The molecule has 10 nitrogen and oxygen atoms in total. The fraction of sp³-hybridized carbons (Fsp3) is 0.333. The number of rotatable bonds is 9. The minimum Gasteiger partial charge on any atom is -0.507 e. The number of hydrogen-bond acceptors (Lipinski definition) is 8. The molecule has 0 bridgehead atoms. The summed E-state index contributed by atoms with van der Waals surface area (Å²) in [5, 5.41) is 22.5. The monoisotopic (exact) mass is 469 g/mol. The van der Waals surface area contributed by atoms with Crippen LogP contribution < -0.4 is 9.47 Å². The first-order chi connectivity index (χ1) is 16.2. The number of carbonyl (C=O) groups excluding carboxylic acids is 2. The molecule has 1 amide bonds. The normalized spacial score (nSPS) is 17.3. The van der Waals surface area contributed by atoms with Crippen molar-refractivity contribution >= 4 is 23.1 Å². The number of Topliss-reactive ketones (excluding diaryl/α,β-unsaturated/α-hetero) is 1. The van der Waals surface area contributed by atoms with Crippen LogP contribution in [0.3, 0.4) is 0 Å². The first-order valence-electron chi connectivity index (χ1n) is 10.6. The summed E-state index contributed by atoms with van der Waals surface area (Å²) >= 11 is 0. The molecule has 2 aromatic carbocycles. The Morgan fingerprint density at radius 2 is 1.82 bits per heavy atom. The third-order valence-corrected chi connectivity index (χ3v) is 5.60. The highest BCUT2D eigenvalue weighted by Gasteiger charge is 2.46. The first-order valence-corrected chi connectivity index (χ1v) is 10.6. The van der Waals surface area contributed by atoms with Crippen LogP contribution in [0.15, 0.2) is 48.0 Å². The number of carbonyl (C=O) groups is 2. The van der Waals surface area contributed by atoms with Crippen LogP contribution in [0, 0.1) is 10.1 Å². The first kappa shape index (κ1) is 24.7. The number of aliphatic hydroxyl groups excluding tert-OH is 1. The molecule has 0 unspecified atom stereocenters. The van der Waals surface area contributed by atoms with Crippen LogP contribution in [0.4, 0.5) is 5.69 Å². The lowest BCUT2D eigenvalue weighted by molar-refractivity contribution is -0.384. The summed E-state index contributed by atoms with van der Waals surface area (Å²) in [6.07, 6.45) is 0.571. The van der Waals surface area contributed by atoms with E-state index in [9.17, 15) is 24.8 Å². The van der Waals surface area contributed by atoms with Crippen LogP contribution in [0.25, 0.3) is 5.76 Å². The molecule has 0 spiro atoms. The summed E-state index contributed by atoms with van der Waals surface area (Å²) in [6, 6.07) is 9.37. The van der Waals surface area contributed by atoms with E-state index in [1.807, 2.05) is 19.0 Å². The van der Waals surface area contributed by atoms with Crippen LogP contribution in [0.2, 0.25) is 0 Å². The largest absolute Gasteiger partial charge is 0.507 e. The van der Waals surface area contributed by atoms with Gasteiger partial charge in [0.1, 0.15) is 5.76 Å². The van der Waals surface area contributed by atoms with E-state index in [-0.39, 0.29) is 23.4 Å². The number of hydrogen-bond donors (Lipinski definition) is 1. The highest BCUT2D eigenvalue weighted by Crippen LogP contribution is 2.41. The molecule has 180 valence electrons. The van der Waals surface area contributed by atoms with E-state index in [0.717, 1.165) is 0 Å². The van der Waals surface area contributed by atoms with Crippen molar-refractivity contribution < 1.29 is 29.1 Å². The Bertz CT molecular complexity index is 1140. The molecule has 0 aliphatic carbocycles. The lowest BCUT2D eigenvalue weighted by atomic mass is 9.94. The van der Waals surface area contributed by atoms with Crippen molar-refractivity contribution in [2.24, 2.45) is 0 Å². The van der Waals surface area contributed by atoms with Crippen molar-refractivity contribution in [3.63, 3.8) is 0 Å². The van der Waals surface area contributed by atoms with Gasteiger partial charge >= 0.3 is 0 Å². The molecule has 0 saturated carbocycles. The Kier molecular flexibility index (Phi) is 7.52. The van der Waals surface area contributed by atoms with E-state index < -0.39 is 28.4 Å². The summed E-state index contributed by atoms with van der Waals surface area (Å²) in [7, 11) is 6.69. The zero-order chi connectivity index (χ0) is 25.0. The van der Waals surface area contributed by atoms with Gasteiger partial charge in [0.25, 0.3) is 17.4 Å². The molecule has 3 rings (SSSR count). The van der Waals surface area contributed by atoms with Crippen LogP contribution in [-0.4, -0.2) is 72.9 Å². The number of methoxy groups -OCH3 is 2. The molecule has 1 saturated heterocycles. The number of nitrogens with zero attached hydrogens (tertiary/aromatic N) is 3. The molecule has 1 atom stereocenters. The Morgan fingerprint density at radius 3 is 2.44 bits per heavy atom. The van der Waals surface area contributed by atoms with Crippen molar-refractivity contribution in [3.8, 4) is 11.5 Å². The lowest BCUT2D eigenvalue weighted by Gasteiger charge is -2.26. The van der Waals surface area contributed by atoms with Gasteiger partial charge in [-0.3, -0.25) is 19.7 Å². The van der Waals surface area contributed by atoms with Gasteiger partial charge in [0.15, 0.2) is 11.5 Å². The zero-order valence-corrected chi connectivity index (χ0v) is 19.5. The molecule has 1 fully saturated rings. The molecular formula is C24H27N3O7. The number of amides is 1. The number of ketones is 1.